The minimum absolute atomic E-state index is 0.166. The fraction of sp³-hybridized carbons (Fsp3) is 0.515. The van der Waals surface area contributed by atoms with Crippen molar-refractivity contribution in [2.75, 3.05) is 6.61 Å². The first kappa shape index (κ1) is 30.1. The molecule has 0 spiro atoms. The summed E-state index contributed by atoms with van der Waals surface area (Å²) in [4.78, 5) is 0. The van der Waals surface area contributed by atoms with Crippen LogP contribution in [0.3, 0.4) is 0 Å². The van der Waals surface area contributed by atoms with Gasteiger partial charge in [0, 0.05) is 30.2 Å². The second kappa shape index (κ2) is 14.2. The van der Waals surface area contributed by atoms with Crippen LogP contribution in [-0.2, 0) is 11.2 Å². The highest BCUT2D eigenvalue weighted by molar-refractivity contribution is 5.37. The standard InChI is InChI=1S/C33H37F5O2/c1-2-3-4-5-23-6-8-24(9-7-23)10-11-25-14-18-28(19-15-25)39-22-26-12-16-27(17-13-26)33(37,38)40-29-20-30(34)32(36)31(35)21-29/h3-4,6-9,20-21,25-28H,2,5,12-19,22H2,1H3/b4-3+. The quantitative estimate of drug-likeness (QED) is 0.132. The summed E-state index contributed by atoms with van der Waals surface area (Å²) >= 11 is 0. The molecule has 0 aromatic heterocycles. The van der Waals surface area contributed by atoms with Crippen molar-refractivity contribution in [3.8, 4) is 17.6 Å². The molecule has 216 valence electrons. The SMILES string of the molecule is CC/C=C/Cc1ccc(C#CC2CCC(OCC3CCC(C(F)(F)Oc4cc(F)c(F)c(F)c4)CC3)CC2)cc1. The van der Waals surface area contributed by atoms with E-state index in [-0.39, 0.29) is 24.9 Å². The van der Waals surface area contributed by atoms with E-state index >= 15 is 0 Å². The number of alkyl halides is 2. The Kier molecular flexibility index (Phi) is 10.7. The monoisotopic (exact) mass is 560 g/mol. The Morgan fingerprint density at radius 1 is 0.875 bits per heavy atom. The van der Waals surface area contributed by atoms with Crippen molar-refractivity contribution in [2.24, 2.45) is 17.8 Å². The van der Waals surface area contributed by atoms with Crippen molar-refractivity contribution in [3.05, 3.63) is 77.1 Å². The van der Waals surface area contributed by atoms with Crippen LogP contribution >= 0.6 is 0 Å². The third kappa shape index (κ3) is 8.57. The average molecular weight is 561 g/mol. The van der Waals surface area contributed by atoms with Crippen LogP contribution in [0.4, 0.5) is 22.0 Å². The van der Waals surface area contributed by atoms with Crippen molar-refractivity contribution in [2.45, 2.75) is 83.3 Å². The first-order valence-electron chi connectivity index (χ1n) is 14.3. The molecule has 0 radical (unpaired) electrons. The largest absolute Gasteiger partial charge is 0.432 e. The first-order chi connectivity index (χ1) is 19.2. The summed E-state index contributed by atoms with van der Waals surface area (Å²) in [5, 5.41) is 0. The van der Waals surface area contributed by atoms with Crippen molar-refractivity contribution in [1.29, 1.82) is 0 Å². The van der Waals surface area contributed by atoms with Gasteiger partial charge in [-0.2, -0.15) is 8.78 Å². The lowest BCUT2D eigenvalue weighted by Gasteiger charge is -2.34. The number of halogens is 5. The Balaban J connectivity index is 1.15. The Morgan fingerprint density at radius 3 is 2.15 bits per heavy atom. The van der Waals surface area contributed by atoms with Gasteiger partial charge in [0.15, 0.2) is 17.5 Å². The normalized spacial score (nSPS) is 23.6. The minimum Gasteiger partial charge on any atom is -0.432 e. The molecule has 0 amide bonds. The molecule has 2 nitrogen and oxygen atoms in total. The lowest BCUT2D eigenvalue weighted by molar-refractivity contribution is -0.224. The molecule has 0 unspecified atom stereocenters. The van der Waals surface area contributed by atoms with E-state index in [0.29, 0.717) is 37.5 Å². The van der Waals surface area contributed by atoms with Crippen molar-refractivity contribution in [3.63, 3.8) is 0 Å². The van der Waals surface area contributed by atoms with E-state index in [4.69, 9.17) is 4.74 Å². The highest BCUT2D eigenvalue weighted by Crippen LogP contribution is 2.41. The highest BCUT2D eigenvalue weighted by Gasteiger charge is 2.44. The van der Waals surface area contributed by atoms with Gasteiger partial charge in [0.2, 0.25) is 0 Å². The number of benzene rings is 2. The van der Waals surface area contributed by atoms with Gasteiger partial charge in [-0.05, 0) is 87.8 Å². The number of hydrogen-bond donors (Lipinski definition) is 0. The third-order valence-electron chi connectivity index (χ3n) is 7.91. The maximum atomic E-state index is 14.6. The molecule has 2 aromatic carbocycles. The lowest BCUT2D eigenvalue weighted by atomic mass is 9.81. The molecule has 7 heteroatoms. The summed E-state index contributed by atoms with van der Waals surface area (Å²) in [5.41, 5.74) is 2.31. The number of hydrogen-bond acceptors (Lipinski definition) is 2. The molecule has 2 saturated carbocycles. The summed E-state index contributed by atoms with van der Waals surface area (Å²) in [6, 6.07) is 9.30. The zero-order valence-corrected chi connectivity index (χ0v) is 22.9. The molecule has 0 atom stereocenters. The summed E-state index contributed by atoms with van der Waals surface area (Å²) in [6.07, 6.45) is 8.30. The molecule has 2 aliphatic carbocycles. The van der Waals surface area contributed by atoms with Crippen LogP contribution in [0.2, 0.25) is 0 Å². The smallest absolute Gasteiger partial charge is 0.400 e. The highest BCUT2D eigenvalue weighted by atomic mass is 19.3. The Morgan fingerprint density at radius 2 is 1.52 bits per heavy atom. The van der Waals surface area contributed by atoms with Gasteiger partial charge in [-0.3, -0.25) is 0 Å². The van der Waals surface area contributed by atoms with Crippen LogP contribution in [0.1, 0.15) is 75.8 Å². The van der Waals surface area contributed by atoms with Gasteiger partial charge in [-0.25, -0.2) is 13.2 Å². The van der Waals surface area contributed by atoms with Crippen LogP contribution in [0.25, 0.3) is 0 Å². The van der Waals surface area contributed by atoms with Gasteiger partial charge < -0.3 is 9.47 Å². The minimum atomic E-state index is -3.60. The number of rotatable bonds is 9. The fourth-order valence-electron chi connectivity index (χ4n) is 5.44. The molecule has 4 rings (SSSR count). The molecule has 0 bridgehead atoms. The molecule has 2 aromatic rings. The maximum Gasteiger partial charge on any atom is 0.400 e. The predicted molar refractivity (Wildman–Crippen MR) is 145 cm³/mol. The Hall–Kier alpha value is -2.85. The van der Waals surface area contributed by atoms with Crippen LogP contribution < -0.4 is 4.74 Å². The molecule has 0 aliphatic heterocycles. The molecule has 2 fully saturated rings. The number of allylic oxidation sites excluding steroid dienone is 2. The van der Waals surface area contributed by atoms with E-state index in [0.717, 1.165) is 44.1 Å². The average Bonchev–Trinajstić information content (AvgIpc) is 2.95. The molecule has 0 heterocycles. The molecular weight excluding hydrogens is 523 g/mol. The molecule has 0 saturated heterocycles. The zero-order valence-electron chi connectivity index (χ0n) is 22.9. The first-order valence-corrected chi connectivity index (χ1v) is 14.3. The summed E-state index contributed by atoms with van der Waals surface area (Å²) in [5.74, 6) is 0.632. The van der Waals surface area contributed by atoms with Crippen LogP contribution in [0, 0.1) is 47.0 Å². The summed E-state index contributed by atoms with van der Waals surface area (Å²) in [6.45, 7) is 2.66. The summed E-state index contributed by atoms with van der Waals surface area (Å²) in [7, 11) is 0. The molecular formula is C33H37F5O2. The second-order valence-electron chi connectivity index (χ2n) is 10.9. The summed E-state index contributed by atoms with van der Waals surface area (Å²) < 4.78 is 79.9. The van der Waals surface area contributed by atoms with Crippen LogP contribution in [-0.4, -0.2) is 18.8 Å². The molecule has 40 heavy (non-hydrogen) atoms. The van der Waals surface area contributed by atoms with Gasteiger partial charge in [0.05, 0.1) is 12.0 Å². The van der Waals surface area contributed by atoms with E-state index in [2.05, 4.69) is 59.9 Å². The Labute approximate surface area is 234 Å². The number of ether oxygens (including phenoxy) is 2. The van der Waals surface area contributed by atoms with Gasteiger partial charge in [-0.1, -0.05) is 43.0 Å². The van der Waals surface area contributed by atoms with Gasteiger partial charge in [0.1, 0.15) is 5.75 Å². The Bertz CT molecular complexity index is 1160. The van der Waals surface area contributed by atoms with Crippen molar-refractivity contribution >= 4 is 0 Å². The topological polar surface area (TPSA) is 18.5 Å². The van der Waals surface area contributed by atoms with Crippen molar-refractivity contribution < 1.29 is 31.4 Å². The van der Waals surface area contributed by atoms with Gasteiger partial charge >= 0.3 is 6.11 Å². The zero-order chi connectivity index (χ0) is 28.5. The predicted octanol–water partition coefficient (Wildman–Crippen LogP) is 9.02. The van der Waals surface area contributed by atoms with Gasteiger partial charge in [-0.15, -0.1) is 0 Å². The van der Waals surface area contributed by atoms with Crippen LogP contribution in [0.15, 0.2) is 48.6 Å². The second-order valence-corrected chi connectivity index (χ2v) is 10.9. The van der Waals surface area contributed by atoms with E-state index in [1.54, 1.807) is 0 Å². The van der Waals surface area contributed by atoms with Gasteiger partial charge in [0.25, 0.3) is 0 Å². The van der Waals surface area contributed by atoms with Crippen LogP contribution in [0.5, 0.6) is 5.75 Å². The maximum absolute atomic E-state index is 14.6. The van der Waals surface area contributed by atoms with E-state index in [9.17, 15) is 22.0 Å². The van der Waals surface area contributed by atoms with E-state index < -0.39 is 35.2 Å². The molecule has 0 N–H and O–H groups in total. The lowest BCUT2D eigenvalue weighted by Crippen LogP contribution is -2.38. The fourth-order valence-corrected chi connectivity index (χ4v) is 5.44. The van der Waals surface area contributed by atoms with E-state index in [1.807, 2.05) is 0 Å². The molecule has 2 aliphatic rings. The third-order valence-corrected chi connectivity index (χ3v) is 7.91. The van der Waals surface area contributed by atoms with E-state index in [1.165, 1.54) is 5.56 Å². The van der Waals surface area contributed by atoms with Crippen molar-refractivity contribution in [1.82, 2.24) is 0 Å².